The van der Waals surface area contributed by atoms with Crippen LogP contribution in [-0.4, -0.2) is 23.3 Å². The van der Waals surface area contributed by atoms with Gasteiger partial charge < -0.3 is 10.6 Å². The Morgan fingerprint density at radius 2 is 1.46 bits per heavy atom. The summed E-state index contributed by atoms with van der Waals surface area (Å²) in [6, 6.07) is 18.7. The number of hydrogen-bond donors (Lipinski definition) is 2. The van der Waals surface area contributed by atoms with Crippen LogP contribution < -0.4 is 10.6 Å². The van der Waals surface area contributed by atoms with Gasteiger partial charge >= 0.3 is 0 Å². The van der Waals surface area contributed by atoms with Crippen molar-refractivity contribution in [3.05, 3.63) is 100 Å². The summed E-state index contributed by atoms with van der Waals surface area (Å²) in [6.45, 7) is 0.874. The van der Waals surface area contributed by atoms with Crippen molar-refractivity contribution in [2.24, 2.45) is 0 Å². The highest BCUT2D eigenvalue weighted by molar-refractivity contribution is 6.30. The van der Waals surface area contributed by atoms with Crippen LogP contribution in [0.15, 0.2) is 73.1 Å². The van der Waals surface area contributed by atoms with Gasteiger partial charge in [-0.15, -0.1) is 0 Å². The van der Waals surface area contributed by atoms with Crippen LogP contribution in [0.2, 0.25) is 5.02 Å². The van der Waals surface area contributed by atoms with E-state index in [0.29, 0.717) is 29.2 Å². The Morgan fingerprint density at radius 1 is 0.821 bits per heavy atom. The van der Waals surface area contributed by atoms with Crippen LogP contribution in [0, 0.1) is 0 Å². The number of benzene rings is 2. The van der Waals surface area contributed by atoms with Crippen molar-refractivity contribution >= 4 is 23.4 Å². The van der Waals surface area contributed by atoms with Crippen molar-refractivity contribution in [3.8, 4) is 0 Å². The number of halogens is 1. The standard InChI is InChI=1S/C22H20ClN3O2/c23-20-8-6-17(7-9-20)13-26-22(28)19-12-18(14-24-15-19)21(27)25-11-10-16-4-2-1-3-5-16/h1-9,12,14-15H,10-11,13H2,(H,25,27)(H,26,28). The first-order valence-electron chi connectivity index (χ1n) is 8.91. The molecule has 2 N–H and O–H groups in total. The molecule has 28 heavy (non-hydrogen) atoms. The Morgan fingerprint density at radius 3 is 2.14 bits per heavy atom. The van der Waals surface area contributed by atoms with E-state index in [0.717, 1.165) is 17.5 Å². The molecular weight excluding hydrogens is 374 g/mol. The molecule has 2 aromatic carbocycles. The monoisotopic (exact) mass is 393 g/mol. The van der Waals surface area contributed by atoms with Crippen LogP contribution in [0.3, 0.4) is 0 Å². The van der Waals surface area contributed by atoms with Crippen LogP contribution in [0.4, 0.5) is 0 Å². The molecule has 0 saturated carbocycles. The van der Waals surface area contributed by atoms with Crippen molar-refractivity contribution in [1.82, 2.24) is 15.6 Å². The van der Waals surface area contributed by atoms with Crippen LogP contribution >= 0.6 is 11.6 Å². The van der Waals surface area contributed by atoms with Gasteiger partial charge in [-0.3, -0.25) is 14.6 Å². The van der Waals surface area contributed by atoms with Crippen LogP contribution in [0.1, 0.15) is 31.8 Å². The summed E-state index contributed by atoms with van der Waals surface area (Å²) in [7, 11) is 0. The molecule has 0 bridgehead atoms. The molecule has 0 unspecified atom stereocenters. The third-order valence-corrected chi connectivity index (χ3v) is 4.42. The largest absolute Gasteiger partial charge is 0.352 e. The van der Waals surface area contributed by atoms with Gasteiger partial charge in [0.15, 0.2) is 0 Å². The molecule has 6 heteroatoms. The predicted octanol–water partition coefficient (Wildman–Crippen LogP) is 3.64. The molecule has 142 valence electrons. The van der Waals surface area contributed by atoms with Gasteiger partial charge in [0, 0.05) is 30.5 Å². The highest BCUT2D eigenvalue weighted by atomic mass is 35.5. The van der Waals surface area contributed by atoms with E-state index in [1.165, 1.54) is 12.4 Å². The van der Waals surface area contributed by atoms with Crippen molar-refractivity contribution in [3.63, 3.8) is 0 Å². The van der Waals surface area contributed by atoms with Crippen molar-refractivity contribution < 1.29 is 9.59 Å². The number of nitrogens with one attached hydrogen (secondary N) is 2. The zero-order chi connectivity index (χ0) is 19.8. The van der Waals surface area contributed by atoms with E-state index >= 15 is 0 Å². The number of rotatable bonds is 7. The second kappa shape index (κ2) is 9.67. The Bertz CT molecular complexity index is 944. The average molecular weight is 394 g/mol. The second-order valence-corrected chi connectivity index (χ2v) is 6.70. The number of hydrogen-bond acceptors (Lipinski definition) is 3. The molecule has 0 spiro atoms. The maximum atomic E-state index is 12.3. The number of carbonyl (C=O) groups excluding carboxylic acids is 2. The number of nitrogens with zero attached hydrogens (tertiary/aromatic N) is 1. The summed E-state index contributed by atoms with van der Waals surface area (Å²) in [4.78, 5) is 28.7. The number of amides is 2. The fourth-order valence-electron chi connectivity index (χ4n) is 2.64. The summed E-state index contributed by atoms with van der Waals surface area (Å²) < 4.78 is 0. The molecule has 5 nitrogen and oxygen atoms in total. The minimum absolute atomic E-state index is 0.254. The molecule has 2 amide bonds. The van der Waals surface area contributed by atoms with E-state index < -0.39 is 0 Å². The highest BCUT2D eigenvalue weighted by Gasteiger charge is 2.11. The zero-order valence-corrected chi connectivity index (χ0v) is 15.9. The van der Waals surface area contributed by atoms with E-state index in [1.54, 1.807) is 18.2 Å². The first-order valence-corrected chi connectivity index (χ1v) is 9.29. The Labute approximate surface area is 168 Å². The van der Waals surface area contributed by atoms with Crippen molar-refractivity contribution in [1.29, 1.82) is 0 Å². The van der Waals surface area contributed by atoms with Crippen molar-refractivity contribution in [2.75, 3.05) is 6.54 Å². The highest BCUT2D eigenvalue weighted by Crippen LogP contribution is 2.10. The van der Waals surface area contributed by atoms with E-state index in [1.807, 2.05) is 42.5 Å². The smallest absolute Gasteiger partial charge is 0.253 e. The molecule has 3 rings (SSSR count). The minimum atomic E-state index is -0.290. The Kier molecular flexibility index (Phi) is 6.76. The zero-order valence-electron chi connectivity index (χ0n) is 15.2. The topological polar surface area (TPSA) is 71.1 Å². The molecule has 1 aromatic heterocycles. The third-order valence-electron chi connectivity index (χ3n) is 4.17. The lowest BCUT2D eigenvalue weighted by Crippen LogP contribution is -2.27. The van der Waals surface area contributed by atoms with E-state index in [4.69, 9.17) is 11.6 Å². The molecule has 0 aliphatic carbocycles. The number of aromatic nitrogens is 1. The van der Waals surface area contributed by atoms with Crippen LogP contribution in [0.25, 0.3) is 0 Å². The second-order valence-electron chi connectivity index (χ2n) is 6.26. The van der Waals surface area contributed by atoms with Gasteiger partial charge in [-0.25, -0.2) is 0 Å². The van der Waals surface area contributed by atoms with Crippen LogP contribution in [0.5, 0.6) is 0 Å². The average Bonchev–Trinajstić information content (AvgIpc) is 2.74. The van der Waals surface area contributed by atoms with E-state index in [-0.39, 0.29) is 11.8 Å². The van der Waals surface area contributed by atoms with Gasteiger partial charge in [0.2, 0.25) is 0 Å². The summed E-state index contributed by atoms with van der Waals surface area (Å²) in [5, 5.41) is 6.31. The van der Waals surface area contributed by atoms with Gasteiger partial charge in [0.05, 0.1) is 11.1 Å². The summed E-state index contributed by atoms with van der Waals surface area (Å²) in [5.74, 6) is -0.544. The number of pyridine rings is 1. The SMILES string of the molecule is O=C(NCCc1ccccc1)c1cncc(C(=O)NCc2ccc(Cl)cc2)c1. The molecule has 0 saturated heterocycles. The normalized spacial score (nSPS) is 10.3. The minimum Gasteiger partial charge on any atom is -0.352 e. The summed E-state index contributed by atoms with van der Waals surface area (Å²) >= 11 is 5.85. The lowest BCUT2D eigenvalue weighted by Gasteiger charge is -2.08. The van der Waals surface area contributed by atoms with Crippen LogP contribution in [-0.2, 0) is 13.0 Å². The quantitative estimate of drug-likeness (QED) is 0.643. The third kappa shape index (κ3) is 5.66. The van der Waals surface area contributed by atoms with Gasteiger partial charge in [-0.2, -0.15) is 0 Å². The first-order chi connectivity index (χ1) is 13.6. The molecule has 1 heterocycles. The van der Waals surface area contributed by atoms with Gasteiger partial charge in [0.25, 0.3) is 11.8 Å². The van der Waals surface area contributed by atoms with Gasteiger partial charge in [0.1, 0.15) is 0 Å². The molecule has 3 aromatic rings. The lowest BCUT2D eigenvalue weighted by atomic mass is 10.1. The Balaban J connectivity index is 1.54. The lowest BCUT2D eigenvalue weighted by molar-refractivity contribution is 0.0950. The molecular formula is C22H20ClN3O2. The molecule has 0 atom stereocenters. The predicted molar refractivity (Wildman–Crippen MR) is 109 cm³/mol. The molecule has 0 radical (unpaired) electrons. The Hall–Kier alpha value is -3.18. The molecule has 0 aliphatic heterocycles. The molecule has 0 fully saturated rings. The molecule has 0 aliphatic rings. The van der Waals surface area contributed by atoms with E-state index in [9.17, 15) is 9.59 Å². The van der Waals surface area contributed by atoms with Crippen molar-refractivity contribution in [2.45, 2.75) is 13.0 Å². The fraction of sp³-hybridized carbons (Fsp3) is 0.136. The fourth-order valence-corrected chi connectivity index (χ4v) is 2.77. The summed E-state index contributed by atoms with van der Waals surface area (Å²) in [6.07, 6.45) is 3.63. The first kappa shape index (κ1) is 19.6. The van der Waals surface area contributed by atoms with Gasteiger partial charge in [-0.1, -0.05) is 54.1 Å². The summed E-state index contributed by atoms with van der Waals surface area (Å²) in [5.41, 5.74) is 2.77. The number of carbonyl (C=O) groups is 2. The van der Waals surface area contributed by atoms with E-state index in [2.05, 4.69) is 15.6 Å². The maximum Gasteiger partial charge on any atom is 0.253 e. The maximum absolute atomic E-state index is 12.3. The van der Waals surface area contributed by atoms with Gasteiger partial charge in [-0.05, 0) is 35.7 Å².